The van der Waals surface area contributed by atoms with E-state index in [1.54, 1.807) is 0 Å². The maximum Gasteiger partial charge on any atom is 0.123 e. The number of fused-ring (bicyclic) bond motifs is 8. The van der Waals surface area contributed by atoms with Crippen LogP contribution in [0.25, 0.3) is 0 Å². The zero-order valence-electron chi connectivity index (χ0n) is 51.1. The Morgan fingerprint density at radius 2 is 0.444 bits per heavy atom. The van der Waals surface area contributed by atoms with Crippen molar-refractivity contribution in [2.75, 3.05) is 0 Å². The van der Waals surface area contributed by atoms with E-state index in [0.717, 1.165) is 103 Å². The van der Waals surface area contributed by atoms with Crippen LogP contribution in [0.3, 0.4) is 0 Å². The summed E-state index contributed by atoms with van der Waals surface area (Å²) in [7, 11) is 0. The molecule has 4 aromatic rings. The number of benzene rings is 4. The molecule has 0 radical (unpaired) electrons. The molecule has 0 fully saturated rings. The number of phenolic OH excluding ortho intramolecular Hbond substituents is 8. The largest absolute Gasteiger partial charge is 0.508 e. The Kier molecular flexibility index (Phi) is 31.8. The van der Waals surface area contributed by atoms with Gasteiger partial charge in [0.05, 0.1) is 0 Å². The predicted molar refractivity (Wildman–Crippen MR) is 340 cm³/mol. The number of phenols is 8. The van der Waals surface area contributed by atoms with E-state index >= 15 is 0 Å². The molecule has 0 saturated heterocycles. The van der Waals surface area contributed by atoms with Crippen molar-refractivity contribution in [2.45, 2.75) is 304 Å². The van der Waals surface area contributed by atoms with Gasteiger partial charge in [0.25, 0.3) is 0 Å². The molecule has 5 rings (SSSR count). The van der Waals surface area contributed by atoms with Gasteiger partial charge >= 0.3 is 0 Å². The fourth-order valence-electron chi connectivity index (χ4n) is 13.6. The molecule has 8 bridgehead atoms. The van der Waals surface area contributed by atoms with E-state index in [-0.39, 0.29) is 65.3 Å². The van der Waals surface area contributed by atoms with E-state index in [2.05, 4.69) is 41.5 Å². The Bertz CT molecular complexity index is 2230. The standard InChI is InChI=1S/C72H112O8.CH4/c1-7-11-15-19-23-25-29-33-37-41-53-55-43-56(64(74)47-63(55)73)54(42-38-34-30-26-24-20-16-12-8-2)58-45-60(68(78)49-66(58)76)72(52(6)40-36-32-28-22-18-14-10-4)62-46-61(69(79)50-70(62)80)71(59-44-57(53)65(75)48-67(59)77)51(5)39-35-31-27-21-17-13-9-3;/h43-54,71-80H,7-42H2,1-6H3;1H4/t51?,52?,53-,54+,71-,72+;. The molecule has 81 heavy (non-hydrogen) atoms. The van der Waals surface area contributed by atoms with Crippen molar-refractivity contribution < 1.29 is 40.9 Å². The summed E-state index contributed by atoms with van der Waals surface area (Å²) in [5.41, 5.74) is 4.40. The van der Waals surface area contributed by atoms with Gasteiger partial charge in [0.2, 0.25) is 0 Å². The highest BCUT2D eigenvalue weighted by molar-refractivity contribution is 5.62. The third-order valence-electron chi connectivity index (χ3n) is 18.4. The summed E-state index contributed by atoms with van der Waals surface area (Å²) in [4.78, 5) is 0. The number of unbranched alkanes of at least 4 members (excludes halogenated alkanes) is 28. The number of hydrogen-bond donors (Lipinski definition) is 8. The lowest BCUT2D eigenvalue weighted by Gasteiger charge is -2.32. The first-order chi connectivity index (χ1) is 38.8. The van der Waals surface area contributed by atoms with E-state index in [4.69, 9.17) is 0 Å². The lowest BCUT2D eigenvalue weighted by atomic mass is 9.72. The molecular formula is C73H116O8. The first kappa shape index (κ1) is 68.8. The van der Waals surface area contributed by atoms with Crippen LogP contribution in [0.5, 0.6) is 46.0 Å². The van der Waals surface area contributed by atoms with Gasteiger partial charge in [-0.2, -0.15) is 0 Å². The van der Waals surface area contributed by atoms with Gasteiger partial charge in [0, 0.05) is 92.4 Å². The number of hydrogen-bond acceptors (Lipinski definition) is 8. The van der Waals surface area contributed by atoms with Crippen LogP contribution < -0.4 is 0 Å². The predicted octanol–water partition coefficient (Wildman–Crippen LogP) is 22.2. The topological polar surface area (TPSA) is 162 Å². The Morgan fingerprint density at radius 3 is 0.691 bits per heavy atom. The Hall–Kier alpha value is -4.72. The minimum atomic E-state index is -0.581. The van der Waals surface area contributed by atoms with Crippen LogP contribution in [-0.4, -0.2) is 40.9 Å². The minimum Gasteiger partial charge on any atom is -0.508 e. The molecule has 456 valence electrons. The highest BCUT2D eigenvalue weighted by Crippen LogP contribution is 2.54. The maximum atomic E-state index is 12.3. The third-order valence-corrected chi connectivity index (χ3v) is 18.4. The molecule has 0 amide bonds. The molecular weight excluding hydrogens is 1000 g/mol. The van der Waals surface area contributed by atoms with Crippen LogP contribution in [0.1, 0.15) is 348 Å². The average molecular weight is 1120 g/mol. The van der Waals surface area contributed by atoms with Crippen LogP contribution in [0.4, 0.5) is 0 Å². The Morgan fingerprint density at radius 1 is 0.259 bits per heavy atom. The van der Waals surface area contributed by atoms with Crippen molar-refractivity contribution in [3.05, 3.63) is 93.0 Å². The van der Waals surface area contributed by atoms with Crippen LogP contribution in [0.2, 0.25) is 0 Å². The average Bonchev–Trinajstić information content (AvgIpc) is 3.43. The van der Waals surface area contributed by atoms with Gasteiger partial charge < -0.3 is 40.9 Å². The molecule has 0 saturated carbocycles. The smallest absolute Gasteiger partial charge is 0.123 e. The van der Waals surface area contributed by atoms with Crippen LogP contribution in [0.15, 0.2) is 48.5 Å². The van der Waals surface area contributed by atoms with E-state index in [1.165, 1.54) is 140 Å². The number of rotatable bonds is 38. The Labute approximate surface area is 493 Å². The summed E-state index contributed by atoms with van der Waals surface area (Å²) in [6.07, 6.45) is 39.0. The molecule has 0 aromatic heterocycles. The van der Waals surface area contributed by atoms with Gasteiger partial charge in [-0.1, -0.05) is 254 Å². The van der Waals surface area contributed by atoms with Crippen molar-refractivity contribution in [1.29, 1.82) is 0 Å². The lowest BCUT2D eigenvalue weighted by molar-refractivity contribution is 0.385. The first-order valence-electron chi connectivity index (χ1n) is 33.0. The molecule has 0 heterocycles. The van der Waals surface area contributed by atoms with Crippen LogP contribution in [0, 0.1) is 11.8 Å². The van der Waals surface area contributed by atoms with Crippen molar-refractivity contribution >= 4 is 0 Å². The molecule has 8 nitrogen and oxygen atoms in total. The van der Waals surface area contributed by atoms with Crippen molar-refractivity contribution in [3.8, 4) is 46.0 Å². The summed E-state index contributed by atoms with van der Waals surface area (Å²) < 4.78 is 0. The quantitative estimate of drug-likeness (QED) is 0.0206. The van der Waals surface area contributed by atoms with E-state index < -0.39 is 23.7 Å². The summed E-state index contributed by atoms with van der Waals surface area (Å²) in [6.45, 7) is 13.3. The van der Waals surface area contributed by atoms with Gasteiger partial charge in [0.1, 0.15) is 46.0 Å². The normalized spacial score (nSPS) is 16.8. The Balaban J connectivity index is 0.0000141. The number of aromatic hydroxyl groups is 8. The molecule has 8 heteroatoms. The summed E-state index contributed by atoms with van der Waals surface area (Å²) in [5, 5.41) is 97.9. The highest BCUT2D eigenvalue weighted by atomic mass is 16.3. The van der Waals surface area contributed by atoms with Gasteiger partial charge in [0.15, 0.2) is 0 Å². The molecule has 4 aromatic carbocycles. The van der Waals surface area contributed by atoms with Crippen LogP contribution in [-0.2, 0) is 0 Å². The second-order valence-corrected chi connectivity index (χ2v) is 24.9. The molecule has 0 spiro atoms. The van der Waals surface area contributed by atoms with Crippen molar-refractivity contribution in [2.24, 2.45) is 11.8 Å². The highest BCUT2D eigenvalue weighted by Gasteiger charge is 2.36. The SMILES string of the molecule is C.CCCCCCCCCCC[C@@H]1c2cc(c(O)cc2O)[C@H](CCCCCCCCCCC)c2cc(c(O)cc2O)[C@H](C(C)CCCCCCCCC)c2cc(c(O)cc2O)[C@H](C(C)CCCCCCCCC)c2cc1c(O)cc2O. The van der Waals surface area contributed by atoms with E-state index in [1.807, 2.05) is 24.3 Å². The molecule has 0 aliphatic heterocycles. The maximum absolute atomic E-state index is 12.3. The minimum absolute atomic E-state index is 0. The molecule has 2 unspecified atom stereocenters. The molecule has 1 aliphatic rings. The zero-order chi connectivity index (χ0) is 57.8. The second kappa shape index (κ2) is 37.5. The van der Waals surface area contributed by atoms with Gasteiger partial charge in [-0.15, -0.1) is 0 Å². The molecule has 1 aliphatic carbocycles. The summed E-state index contributed by atoms with van der Waals surface area (Å²) in [6, 6.07) is 13.3. The lowest BCUT2D eigenvalue weighted by Crippen LogP contribution is -2.17. The second-order valence-electron chi connectivity index (χ2n) is 24.9. The fourth-order valence-corrected chi connectivity index (χ4v) is 13.6. The fraction of sp³-hybridized carbons (Fsp3) is 0.671. The van der Waals surface area contributed by atoms with Crippen LogP contribution >= 0.6 is 0 Å². The van der Waals surface area contributed by atoms with Gasteiger partial charge in [-0.3, -0.25) is 0 Å². The van der Waals surface area contributed by atoms with Gasteiger partial charge in [-0.05, 0) is 61.8 Å². The summed E-state index contributed by atoms with van der Waals surface area (Å²) in [5.74, 6) is -3.25. The molecule has 6 atom stereocenters. The first-order valence-corrected chi connectivity index (χ1v) is 33.0. The monoisotopic (exact) mass is 1120 g/mol. The summed E-state index contributed by atoms with van der Waals surface area (Å²) >= 11 is 0. The van der Waals surface area contributed by atoms with E-state index in [0.29, 0.717) is 57.3 Å². The molecule has 8 N–H and O–H groups in total. The van der Waals surface area contributed by atoms with Crippen molar-refractivity contribution in [3.63, 3.8) is 0 Å². The van der Waals surface area contributed by atoms with Crippen molar-refractivity contribution in [1.82, 2.24) is 0 Å². The third kappa shape index (κ3) is 20.8. The van der Waals surface area contributed by atoms with E-state index in [9.17, 15) is 40.9 Å². The van der Waals surface area contributed by atoms with Gasteiger partial charge in [-0.25, -0.2) is 0 Å². The zero-order valence-corrected chi connectivity index (χ0v) is 51.1.